The van der Waals surface area contributed by atoms with Crippen molar-refractivity contribution in [1.29, 1.82) is 0 Å². The molecule has 0 saturated carbocycles. The van der Waals surface area contributed by atoms with Crippen LogP contribution in [0.1, 0.15) is 26.7 Å². The van der Waals surface area contributed by atoms with Gasteiger partial charge >= 0.3 is 0 Å². The third-order valence-corrected chi connectivity index (χ3v) is 3.73. The molecular weight excluding hydrogens is 250 g/mol. The summed E-state index contributed by atoms with van der Waals surface area (Å²) in [5, 5.41) is 3.23. The zero-order valence-corrected chi connectivity index (χ0v) is 12.9. The average Bonchev–Trinajstić information content (AvgIpc) is 2.30. The predicted molar refractivity (Wildman–Crippen MR) is 78.2 cm³/mol. The first-order chi connectivity index (χ1) is 8.04. The number of nitrogens with one attached hydrogen (secondary N) is 1. The molecule has 0 aromatic carbocycles. The first kappa shape index (κ1) is 17.7. The van der Waals surface area contributed by atoms with E-state index in [1.54, 1.807) is 0 Å². The summed E-state index contributed by atoms with van der Waals surface area (Å²) >= 11 is 0. The van der Waals surface area contributed by atoms with E-state index >= 15 is 0 Å². The van der Waals surface area contributed by atoms with Gasteiger partial charge in [0.15, 0.2) is 0 Å². The largest absolute Gasteiger partial charge is 0.342 e. The number of hydrogen-bond donors (Lipinski definition) is 1. The number of nitrogens with zero attached hydrogens (tertiary/aromatic N) is 2. The van der Waals surface area contributed by atoms with Crippen molar-refractivity contribution in [2.75, 3.05) is 40.3 Å². The summed E-state index contributed by atoms with van der Waals surface area (Å²) in [4.78, 5) is 16.0. The first-order valence-electron chi connectivity index (χ1n) is 6.67. The highest BCUT2D eigenvalue weighted by atomic mass is 35.5. The molecule has 0 spiro atoms. The molecule has 1 amide bonds. The van der Waals surface area contributed by atoms with Crippen molar-refractivity contribution in [2.24, 2.45) is 5.92 Å². The quantitative estimate of drug-likeness (QED) is 0.820. The van der Waals surface area contributed by atoms with Crippen LogP contribution in [0.25, 0.3) is 0 Å². The smallest absolute Gasteiger partial charge is 0.236 e. The fraction of sp³-hybridized carbons (Fsp3) is 0.923. The van der Waals surface area contributed by atoms with Gasteiger partial charge in [0, 0.05) is 13.1 Å². The molecule has 1 fully saturated rings. The molecule has 0 bridgehead atoms. The Morgan fingerprint density at radius 3 is 2.39 bits per heavy atom. The molecule has 0 aliphatic carbocycles. The fourth-order valence-corrected chi connectivity index (χ4v) is 2.23. The normalized spacial score (nSPS) is 17.6. The lowest BCUT2D eigenvalue weighted by molar-refractivity contribution is -0.132. The molecule has 1 rings (SSSR count). The molecule has 1 aliphatic heterocycles. The van der Waals surface area contributed by atoms with Gasteiger partial charge in [-0.3, -0.25) is 9.69 Å². The highest BCUT2D eigenvalue weighted by Gasteiger charge is 2.22. The summed E-state index contributed by atoms with van der Waals surface area (Å²) in [7, 11) is 3.90. The Labute approximate surface area is 117 Å². The van der Waals surface area contributed by atoms with Crippen LogP contribution in [0.15, 0.2) is 0 Å². The summed E-state index contributed by atoms with van der Waals surface area (Å²) in [5.41, 5.74) is 0. The third kappa shape index (κ3) is 5.55. The zero-order valence-electron chi connectivity index (χ0n) is 12.1. The monoisotopic (exact) mass is 277 g/mol. The summed E-state index contributed by atoms with van der Waals surface area (Å²) in [6, 6.07) is 0.296. The minimum atomic E-state index is 0. The van der Waals surface area contributed by atoms with Crippen molar-refractivity contribution in [1.82, 2.24) is 15.1 Å². The number of carbonyl (C=O) groups is 1. The van der Waals surface area contributed by atoms with Crippen molar-refractivity contribution < 1.29 is 4.79 Å². The highest BCUT2D eigenvalue weighted by molar-refractivity contribution is 5.85. The van der Waals surface area contributed by atoms with Crippen molar-refractivity contribution >= 4 is 18.3 Å². The lowest BCUT2D eigenvalue weighted by Gasteiger charge is -2.33. The number of halogens is 1. The molecule has 0 aromatic rings. The number of amides is 1. The van der Waals surface area contributed by atoms with Gasteiger partial charge in [0.25, 0.3) is 0 Å². The van der Waals surface area contributed by atoms with E-state index in [1.165, 1.54) is 12.8 Å². The van der Waals surface area contributed by atoms with Crippen LogP contribution >= 0.6 is 12.4 Å². The van der Waals surface area contributed by atoms with Gasteiger partial charge in [-0.2, -0.15) is 0 Å². The zero-order chi connectivity index (χ0) is 12.8. The molecule has 0 atom stereocenters. The van der Waals surface area contributed by atoms with E-state index in [0.29, 0.717) is 12.6 Å². The van der Waals surface area contributed by atoms with E-state index in [0.717, 1.165) is 25.6 Å². The maximum absolute atomic E-state index is 11.9. The van der Waals surface area contributed by atoms with E-state index in [1.807, 2.05) is 19.0 Å². The van der Waals surface area contributed by atoms with Gasteiger partial charge in [-0.1, -0.05) is 0 Å². The fourth-order valence-electron chi connectivity index (χ4n) is 2.23. The second kappa shape index (κ2) is 8.73. The Balaban J connectivity index is 0.00000289. The number of carbonyl (C=O) groups excluding carboxylic acids is 1. The van der Waals surface area contributed by atoms with Crippen LogP contribution in [0.4, 0.5) is 0 Å². The van der Waals surface area contributed by atoms with E-state index in [-0.39, 0.29) is 18.3 Å². The van der Waals surface area contributed by atoms with Gasteiger partial charge in [0.2, 0.25) is 5.91 Å². The Bertz CT molecular complexity index is 240. The molecule has 4 nitrogen and oxygen atoms in total. The number of likely N-dealkylation sites (tertiary alicyclic amines) is 1. The lowest BCUT2D eigenvalue weighted by atomic mass is 9.97. The van der Waals surface area contributed by atoms with Gasteiger partial charge in [-0.15, -0.1) is 12.4 Å². The lowest BCUT2D eigenvalue weighted by Crippen LogP contribution is -2.44. The predicted octanol–water partition coefficient (Wildman–Crippen LogP) is 1.21. The molecule has 0 aromatic heterocycles. The van der Waals surface area contributed by atoms with Gasteiger partial charge in [0.1, 0.15) is 0 Å². The molecule has 18 heavy (non-hydrogen) atoms. The summed E-state index contributed by atoms with van der Waals surface area (Å²) in [5.74, 6) is 1.03. The van der Waals surface area contributed by atoms with E-state index in [2.05, 4.69) is 24.1 Å². The van der Waals surface area contributed by atoms with Crippen LogP contribution in [0.2, 0.25) is 0 Å². The average molecular weight is 278 g/mol. The summed E-state index contributed by atoms with van der Waals surface area (Å²) < 4.78 is 0. The summed E-state index contributed by atoms with van der Waals surface area (Å²) in [6.07, 6.45) is 2.42. The maximum Gasteiger partial charge on any atom is 0.236 e. The number of rotatable bonds is 5. The maximum atomic E-state index is 11.9. The van der Waals surface area contributed by atoms with Crippen LogP contribution in [0.3, 0.4) is 0 Å². The standard InChI is InChI=1S/C13H27N3O.ClH/c1-11(2)15(4)13(17)10-16-7-5-12(6-8-16)9-14-3;/h11-12,14H,5-10H2,1-4H3;1H. The van der Waals surface area contributed by atoms with Crippen LogP contribution < -0.4 is 5.32 Å². The van der Waals surface area contributed by atoms with Crippen LogP contribution in [0.5, 0.6) is 0 Å². The Kier molecular flexibility index (Phi) is 8.57. The van der Waals surface area contributed by atoms with Crippen LogP contribution in [-0.4, -0.2) is 62.0 Å². The van der Waals surface area contributed by atoms with Crippen molar-refractivity contribution in [3.05, 3.63) is 0 Å². The third-order valence-electron chi connectivity index (χ3n) is 3.73. The highest BCUT2D eigenvalue weighted by Crippen LogP contribution is 2.16. The topological polar surface area (TPSA) is 35.6 Å². The molecule has 0 unspecified atom stereocenters. The van der Waals surface area contributed by atoms with E-state index in [4.69, 9.17) is 0 Å². The Morgan fingerprint density at radius 1 is 1.39 bits per heavy atom. The molecule has 5 heteroatoms. The first-order valence-corrected chi connectivity index (χ1v) is 6.67. The molecule has 1 saturated heterocycles. The van der Waals surface area contributed by atoms with Gasteiger partial charge < -0.3 is 10.2 Å². The van der Waals surface area contributed by atoms with Gasteiger partial charge in [-0.25, -0.2) is 0 Å². The van der Waals surface area contributed by atoms with Crippen molar-refractivity contribution in [3.8, 4) is 0 Å². The van der Waals surface area contributed by atoms with Crippen molar-refractivity contribution in [3.63, 3.8) is 0 Å². The van der Waals surface area contributed by atoms with Gasteiger partial charge in [0.05, 0.1) is 6.54 Å². The minimum absolute atomic E-state index is 0. The Hall–Kier alpha value is -0.320. The second-order valence-corrected chi connectivity index (χ2v) is 5.38. The second-order valence-electron chi connectivity index (χ2n) is 5.38. The number of likely N-dealkylation sites (N-methyl/N-ethyl adjacent to an activating group) is 1. The van der Waals surface area contributed by atoms with Gasteiger partial charge in [-0.05, 0) is 59.3 Å². The minimum Gasteiger partial charge on any atom is -0.342 e. The number of piperidine rings is 1. The molecular formula is C13H28ClN3O. The summed E-state index contributed by atoms with van der Waals surface area (Å²) in [6.45, 7) is 7.91. The van der Waals surface area contributed by atoms with Crippen LogP contribution in [-0.2, 0) is 4.79 Å². The molecule has 108 valence electrons. The molecule has 1 N–H and O–H groups in total. The Morgan fingerprint density at radius 2 is 1.94 bits per heavy atom. The molecule has 1 heterocycles. The van der Waals surface area contributed by atoms with Crippen LogP contribution in [0, 0.1) is 5.92 Å². The molecule has 1 aliphatic rings. The van der Waals surface area contributed by atoms with Crippen molar-refractivity contribution in [2.45, 2.75) is 32.7 Å². The molecule has 0 radical (unpaired) electrons. The number of hydrogen-bond acceptors (Lipinski definition) is 3. The van der Waals surface area contributed by atoms with E-state index in [9.17, 15) is 4.79 Å². The SMILES string of the molecule is CNCC1CCN(CC(=O)N(C)C(C)C)CC1.Cl. The van der Waals surface area contributed by atoms with E-state index < -0.39 is 0 Å².